The molecule has 0 saturated heterocycles. The van der Waals surface area contributed by atoms with Crippen molar-refractivity contribution in [2.75, 3.05) is 18.5 Å². The first-order valence-electron chi connectivity index (χ1n) is 10.7. The normalized spacial score (nSPS) is 10.4. The van der Waals surface area contributed by atoms with E-state index in [9.17, 15) is 14.4 Å². The van der Waals surface area contributed by atoms with Gasteiger partial charge in [0, 0.05) is 18.2 Å². The van der Waals surface area contributed by atoms with E-state index in [0.29, 0.717) is 41.0 Å². The lowest BCUT2D eigenvalue weighted by atomic mass is 10.0. The summed E-state index contributed by atoms with van der Waals surface area (Å²) in [5.74, 6) is -1.05. The van der Waals surface area contributed by atoms with Gasteiger partial charge in [0.25, 0.3) is 5.91 Å². The van der Waals surface area contributed by atoms with Crippen LogP contribution in [0.25, 0.3) is 10.8 Å². The van der Waals surface area contributed by atoms with Crippen molar-refractivity contribution in [3.8, 4) is 0 Å². The van der Waals surface area contributed by atoms with Crippen LogP contribution >= 0.6 is 0 Å². The second-order valence-corrected chi connectivity index (χ2v) is 7.30. The number of guanidine groups is 1. The van der Waals surface area contributed by atoms with Crippen molar-refractivity contribution in [1.29, 1.82) is 0 Å². The smallest absolute Gasteiger partial charge is 0.306 e. The summed E-state index contributed by atoms with van der Waals surface area (Å²) in [5, 5.41) is 6.76. The molecule has 3 aromatic rings. The quantitative estimate of drug-likeness (QED) is 0.215. The van der Waals surface area contributed by atoms with Crippen LogP contribution in [0.2, 0.25) is 0 Å². The number of aryl methyl sites for hydroxylation is 1. The Morgan fingerprint density at radius 3 is 2.65 bits per heavy atom. The largest absolute Gasteiger partial charge is 0.466 e. The topological polar surface area (TPSA) is 162 Å². The van der Waals surface area contributed by atoms with Crippen molar-refractivity contribution in [2.45, 2.75) is 19.8 Å². The van der Waals surface area contributed by atoms with Gasteiger partial charge in [-0.2, -0.15) is 0 Å². The number of esters is 1. The number of rotatable bonds is 9. The number of fused-ring (bicyclic) bond motifs is 1. The molecule has 2 aromatic carbocycles. The molecule has 0 fully saturated rings. The number of hydrogen-bond donors (Lipinski definition) is 4. The van der Waals surface area contributed by atoms with E-state index in [4.69, 9.17) is 16.2 Å². The molecule has 1 aromatic heterocycles. The van der Waals surface area contributed by atoms with Gasteiger partial charge in [-0.05, 0) is 47.9 Å². The molecule has 176 valence electrons. The molecule has 0 aliphatic rings. The van der Waals surface area contributed by atoms with E-state index in [1.54, 1.807) is 37.3 Å². The van der Waals surface area contributed by atoms with Gasteiger partial charge in [0.15, 0.2) is 5.96 Å². The lowest BCUT2D eigenvalue weighted by Crippen LogP contribution is -2.33. The average Bonchev–Trinajstić information content (AvgIpc) is 2.81. The van der Waals surface area contributed by atoms with Crippen LogP contribution in [0.1, 0.15) is 29.3 Å². The summed E-state index contributed by atoms with van der Waals surface area (Å²) >= 11 is 0. The minimum absolute atomic E-state index is 0.130. The molecule has 10 heteroatoms. The van der Waals surface area contributed by atoms with Gasteiger partial charge in [-0.15, -0.1) is 0 Å². The molecule has 0 spiro atoms. The third-order valence-corrected chi connectivity index (χ3v) is 4.81. The zero-order chi connectivity index (χ0) is 24.5. The maximum atomic E-state index is 12.9. The molecular weight excluding hydrogens is 436 g/mol. The molecule has 0 saturated carbocycles. The molecule has 0 radical (unpaired) electrons. The fourth-order valence-electron chi connectivity index (χ4n) is 3.35. The summed E-state index contributed by atoms with van der Waals surface area (Å²) in [6.45, 7) is 1.76. The first kappa shape index (κ1) is 24.2. The van der Waals surface area contributed by atoms with Gasteiger partial charge in [-0.3, -0.25) is 14.4 Å². The summed E-state index contributed by atoms with van der Waals surface area (Å²) in [6.07, 6.45) is 2.06. The minimum atomic E-state index is -0.464. The van der Waals surface area contributed by atoms with Crippen LogP contribution in [0, 0.1) is 0 Å². The van der Waals surface area contributed by atoms with E-state index < -0.39 is 11.8 Å². The van der Waals surface area contributed by atoms with Crippen LogP contribution in [0.15, 0.2) is 59.7 Å². The fraction of sp³-hybridized carbons (Fsp3) is 0.208. The highest BCUT2D eigenvalue weighted by atomic mass is 16.5. The average molecular weight is 463 g/mol. The number of carbonyl (C=O) groups is 3. The standard InChI is InChI=1S/C24H26N6O4/c1-2-34-21(32)10-9-15-7-5-11-27-22(15)30-20(31)14-28-23(33)19-13-17(29-24(25)26)12-16-6-3-4-8-18(16)19/h3-8,11-13H,2,9-10,14H2,1H3,(H,28,33)(H4,25,26,29)(H,27,30,31). The second kappa shape index (κ2) is 11.4. The molecule has 3 rings (SSSR count). The van der Waals surface area contributed by atoms with E-state index in [1.807, 2.05) is 18.2 Å². The second-order valence-electron chi connectivity index (χ2n) is 7.30. The molecule has 6 N–H and O–H groups in total. The maximum absolute atomic E-state index is 12.9. The molecule has 2 amide bonds. The molecule has 1 heterocycles. The van der Waals surface area contributed by atoms with Crippen molar-refractivity contribution in [2.24, 2.45) is 16.5 Å². The molecule has 10 nitrogen and oxygen atoms in total. The number of amides is 2. The Balaban J connectivity index is 1.68. The molecule has 0 aliphatic heterocycles. The molecule has 0 aliphatic carbocycles. The van der Waals surface area contributed by atoms with E-state index in [-0.39, 0.29) is 24.9 Å². The minimum Gasteiger partial charge on any atom is -0.466 e. The van der Waals surface area contributed by atoms with Gasteiger partial charge in [0.1, 0.15) is 5.82 Å². The monoisotopic (exact) mass is 462 g/mol. The highest BCUT2D eigenvalue weighted by Crippen LogP contribution is 2.25. The van der Waals surface area contributed by atoms with E-state index in [1.165, 1.54) is 6.20 Å². The zero-order valence-corrected chi connectivity index (χ0v) is 18.7. The summed E-state index contributed by atoms with van der Waals surface area (Å²) in [5.41, 5.74) is 12.4. The van der Waals surface area contributed by atoms with Gasteiger partial charge in [-0.25, -0.2) is 9.98 Å². The van der Waals surface area contributed by atoms with Crippen molar-refractivity contribution in [1.82, 2.24) is 10.3 Å². The summed E-state index contributed by atoms with van der Waals surface area (Å²) < 4.78 is 4.94. The summed E-state index contributed by atoms with van der Waals surface area (Å²) in [7, 11) is 0. The fourth-order valence-corrected chi connectivity index (χ4v) is 3.35. The van der Waals surface area contributed by atoms with Gasteiger partial charge < -0.3 is 26.8 Å². The van der Waals surface area contributed by atoms with E-state index >= 15 is 0 Å². The van der Waals surface area contributed by atoms with Crippen molar-refractivity contribution in [3.05, 3.63) is 65.9 Å². The van der Waals surface area contributed by atoms with Crippen LogP contribution in [-0.4, -0.2) is 41.9 Å². The van der Waals surface area contributed by atoms with Gasteiger partial charge >= 0.3 is 5.97 Å². The van der Waals surface area contributed by atoms with Gasteiger partial charge in [-0.1, -0.05) is 30.3 Å². The molecule has 0 unspecified atom stereocenters. The first-order chi connectivity index (χ1) is 16.4. The Morgan fingerprint density at radius 2 is 1.88 bits per heavy atom. The number of carbonyl (C=O) groups excluding carboxylic acids is 3. The van der Waals surface area contributed by atoms with E-state index in [0.717, 1.165) is 5.39 Å². The Labute approximate surface area is 196 Å². The van der Waals surface area contributed by atoms with Gasteiger partial charge in [0.2, 0.25) is 5.91 Å². The number of hydrogen-bond acceptors (Lipinski definition) is 6. The van der Waals surface area contributed by atoms with Gasteiger partial charge in [0.05, 0.1) is 18.8 Å². The predicted molar refractivity (Wildman–Crippen MR) is 130 cm³/mol. The number of aromatic nitrogens is 1. The Bertz CT molecular complexity index is 1240. The van der Waals surface area contributed by atoms with Crippen LogP contribution in [0.4, 0.5) is 11.5 Å². The molecule has 0 bridgehead atoms. The summed E-state index contributed by atoms with van der Waals surface area (Å²) in [6, 6.07) is 14.1. The number of anilines is 1. The SMILES string of the molecule is CCOC(=O)CCc1cccnc1NC(=O)CNC(=O)c1cc(N=C(N)N)cc2ccccc12. The third-order valence-electron chi connectivity index (χ3n) is 4.81. The van der Waals surface area contributed by atoms with Crippen LogP contribution in [0.3, 0.4) is 0 Å². The van der Waals surface area contributed by atoms with Crippen molar-refractivity contribution < 1.29 is 19.1 Å². The Hall–Kier alpha value is -4.47. The summed E-state index contributed by atoms with van der Waals surface area (Å²) in [4.78, 5) is 45.2. The van der Waals surface area contributed by atoms with E-state index in [2.05, 4.69) is 20.6 Å². The number of pyridine rings is 1. The zero-order valence-electron chi connectivity index (χ0n) is 18.7. The number of benzene rings is 2. The number of nitrogens with zero attached hydrogens (tertiary/aromatic N) is 2. The lowest BCUT2D eigenvalue weighted by molar-refractivity contribution is -0.143. The van der Waals surface area contributed by atoms with Crippen LogP contribution in [-0.2, 0) is 20.7 Å². The first-order valence-corrected chi connectivity index (χ1v) is 10.7. The number of ether oxygens (including phenoxy) is 1. The predicted octanol–water partition coefficient (Wildman–Crippen LogP) is 2.00. The van der Waals surface area contributed by atoms with Crippen molar-refractivity contribution in [3.63, 3.8) is 0 Å². The van der Waals surface area contributed by atoms with Crippen LogP contribution in [0.5, 0.6) is 0 Å². The number of aliphatic imine (C=N–C) groups is 1. The lowest BCUT2D eigenvalue weighted by Gasteiger charge is -2.12. The maximum Gasteiger partial charge on any atom is 0.306 e. The molecular formula is C24H26N6O4. The molecule has 0 atom stereocenters. The Morgan fingerprint density at radius 1 is 1.09 bits per heavy atom. The Kier molecular flexibility index (Phi) is 8.11. The van der Waals surface area contributed by atoms with Crippen molar-refractivity contribution >= 4 is 46.0 Å². The highest BCUT2D eigenvalue weighted by Gasteiger charge is 2.15. The van der Waals surface area contributed by atoms with Crippen LogP contribution < -0.4 is 22.1 Å². The highest BCUT2D eigenvalue weighted by molar-refractivity contribution is 6.09. The number of nitrogens with two attached hydrogens (primary N) is 2. The third kappa shape index (κ3) is 6.52. The molecule has 34 heavy (non-hydrogen) atoms. The number of nitrogens with one attached hydrogen (secondary N) is 2.